The van der Waals surface area contributed by atoms with Crippen molar-refractivity contribution in [3.8, 4) is 11.3 Å². The molecule has 0 aliphatic heterocycles. The van der Waals surface area contributed by atoms with Gasteiger partial charge in [-0.05, 0) is 54.4 Å². The highest BCUT2D eigenvalue weighted by Crippen LogP contribution is 2.28. The number of fused-ring (bicyclic) bond motifs is 1. The molecule has 0 saturated carbocycles. The molecule has 148 valence electrons. The molecular weight excluding hydrogens is 381 g/mol. The normalized spacial score (nSPS) is 11.1. The summed E-state index contributed by atoms with van der Waals surface area (Å²) in [6.07, 6.45) is 5.63. The number of aromatic amines is 1. The van der Waals surface area contributed by atoms with Crippen LogP contribution in [0, 0.1) is 12.7 Å². The van der Waals surface area contributed by atoms with Crippen molar-refractivity contribution in [1.29, 1.82) is 0 Å². The average molecular weight is 399 g/mol. The third kappa shape index (κ3) is 3.65. The molecule has 30 heavy (non-hydrogen) atoms. The molecule has 0 aliphatic rings. The molecule has 5 rings (SSSR count). The third-order valence-corrected chi connectivity index (χ3v) is 4.85. The van der Waals surface area contributed by atoms with Crippen LogP contribution >= 0.6 is 0 Å². The monoisotopic (exact) mass is 399 g/mol. The highest BCUT2D eigenvalue weighted by Gasteiger charge is 2.11. The minimum Gasteiger partial charge on any atom is -0.423 e. The lowest BCUT2D eigenvalue weighted by atomic mass is 10.1. The fraction of sp³-hybridized carbons (Fsp3) is 0.0870. The standard InChI is InChI=1S/C23H18FN5O/c1-14-9-19-20(28-22(27-19)11-15-3-2-4-17(24)10-15)12-18(14)29-23-26-13-21(30-23)16-5-7-25-8-6-16/h2-10,12-13H,11H2,1H3,(H,26,29)(H,27,28). The van der Waals surface area contributed by atoms with Gasteiger partial charge in [-0.1, -0.05) is 12.1 Å². The van der Waals surface area contributed by atoms with E-state index in [9.17, 15) is 4.39 Å². The van der Waals surface area contributed by atoms with E-state index in [1.165, 1.54) is 12.1 Å². The first-order valence-electron chi connectivity index (χ1n) is 9.51. The molecule has 0 fully saturated rings. The van der Waals surface area contributed by atoms with Crippen molar-refractivity contribution in [2.24, 2.45) is 0 Å². The number of nitrogens with one attached hydrogen (secondary N) is 2. The molecule has 6 nitrogen and oxygen atoms in total. The number of anilines is 2. The van der Waals surface area contributed by atoms with Crippen LogP contribution in [0.2, 0.25) is 0 Å². The predicted octanol–water partition coefficient (Wildman–Crippen LogP) is 5.39. The second kappa shape index (κ2) is 7.44. The quantitative estimate of drug-likeness (QED) is 0.414. The number of pyridine rings is 1. The summed E-state index contributed by atoms with van der Waals surface area (Å²) in [7, 11) is 0. The van der Waals surface area contributed by atoms with Gasteiger partial charge in [-0.2, -0.15) is 0 Å². The number of hydrogen-bond donors (Lipinski definition) is 2. The minimum atomic E-state index is -0.247. The Kier molecular flexibility index (Phi) is 4.48. The van der Waals surface area contributed by atoms with E-state index in [0.29, 0.717) is 18.2 Å². The van der Waals surface area contributed by atoms with Gasteiger partial charge in [0.2, 0.25) is 0 Å². The summed E-state index contributed by atoms with van der Waals surface area (Å²) >= 11 is 0. The molecule has 5 aromatic rings. The van der Waals surface area contributed by atoms with Gasteiger partial charge in [0, 0.05) is 30.1 Å². The fourth-order valence-electron chi connectivity index (χ4n) is 3.37. The summed E-state index contributed by atoms with van der Waals surface area (Å²) in [6.45, 7) is 2.00. The number of aromatic nitrogens is 4. The zero-order chi connectivity index (χ0) is 20.5. The molecule has 3 aromatic heterocycles. The number of nitrogens with zero attached hydrogens (tertiary/aromatic N) is 3. The van der Waals surface area contributed by atoms with Crippen LogP contribution in [0.4, 0.5) is 16.1 Å². The number of halogens is 1. The Morgan fingerprint density at radius 2 is 1.97 bits per heavy atom. The van der Waals surface area contributed by atoms with E-state index in [1.807, 2.05) is 37.3 Å². The number of aryl methyl sites for hydroxylation is 1. The van der Waals surface area contributed by atoms with Crippen LogP contribution in [-0.4, -0.2) is 19.9 Å². The molecule has 0 saturated heterocycles. The van der Waals surface area contributed by atoms with Gasteiger partial charge in [0.25, 0.3) is 6.01 Å². The predicted molar refractivity (Wildman–Crippen MR) is 113 cm³/mol. The fourth-order valence-corrected chi connectivity index (χ4v) is 3.37. The van der Waals surface area contributed by atoms with Crippen molar-refractivity contribution in [2.75, 3.05) is 5.32 Å². The molecule has 0 atom stereocenters. The van der Waals surface area contributed by atoms with Crippen LogP contribution in [0.1, 0.15) is 17.0 Å². The lowest BCUT2D eigenvalue weighted by Gasteiger charge is -2.06. The highest BCUT2D eigenvalue weighted by atomic mass is 19.1. The smallest absolute Gasteiger partial charge is 0.299 e. The van der Waals surface area contributed by atoms with E-state index in [1.54, 1.807) is 24.7 Å². The molecule has 0 spiro atoms. The van der Waals surface area contributed by atoms with Crippen LogP contribution < -0.4 is 5.32 Å². The van der Waals surface area contributed by atoms with Crippen molar-refractivity contribution in [3.05, 3.63) is 89.9 Å². The van der Waals surface area contributed by atoms with Gasteiger partial charge in [-0.25, -0.2) is 14.4 Å². The minimum absolute atomic E-state index is 0.247. The summed E-state index contributed by atoms with van der Waals surface area (Å²) < 4.78 is 19.3. The van der Waals surface area contributed by atoms with Gasteiger partial charge in [-0.15, -0.1) is 0 Å². The summed E-state index contributed by atoms with van der Waals surface area (Å²) in [5, 5.41) is 3.23. The van der Waals surface area contributed by atoms with Crippen molar-refractivity contribution in [2.45, 2.75) is 13.3 Å². The van der Waals surface area contributed by atoms with Crippen molar-refractivity contribution >= 4 is 22.7 Å². The molecule has 7 heteroatoms. The van der Waals surface area contributed by atoms with Crippen LogP contribution in [0.15, 0.2) is 71.5 Å². The van der Waals surface area contributed by atoms with Gasteiger partial charge < -0.3 is 14.7 Å². The van der Waals surface area contributed by atoms with E-state index >= 15 is 0 Å². The van der Waals surface area contributed by atoms with Crippen LogP contribution in [0.3, 0.4) is 0 Å². The Labute approximate surface area is 171 Å². The molecule has 0 amide bonds. The van der Waals surface area contributed by atoms with Gasteiger partial charge in [0.15, 0.2) is 5.76 Å². The maximum absolute atomic E-state index is 13.4. The number of imidazole rings is 1. The molecule has 2 aromatic carbocycles. The Morgan fingerprint density at radius 1 is 1.10 bits per heavy atom. The van der Waals surface area contributed by atoms with Gasteiger partial charge in [0.1, 0.15) is 11.6 Å². The highest BCUT2D eigenvalue weighted by molar-refractivity contribution is 5.82. The Bertz CT molecular complexity index is 1330. The summed E-state index contributed by atoms with van der Waals surface area (Å²) in [6, 6.07) is 14.7. The number of hydrogen-bond acceptors (Lipinski definition) is 5. The van der Waals surface area contributed by atoms with E-state index in [2.05, 4.69) is 25.3 Å². The maximum atomic E-state index is 13.4. The van der Waals surface area contributed by atoms with E-state index in [-0.39, 0.29) is 5.82 Å². The summed E-state index contributed by atoms with van der Waals surface area (Å²) in [5.41, 5.74) is 5.40. The largest absolute Gasteiger partial charge is 0.423 e. The van der Waals surface area contributed by atoms with Gasteiger partial charge in [0.05, 0.1) is 17.2 Å². The van der Waals surface area contributed by atoms with E-state index in [4.69, 9.17) is 4.42 Å². The first-order chi connectivity index (χ1) is 14.6. The van der Waals surface area contributed by atoms with Crippen molar-refractivity contribution < 1.29 is 8.81 Å². The van der Waals surface area contributed by atoms with Crippen LogP contribution in [-0.2, 0) is 6.42 Å². The molecule has 2 N–H and O–H groups in total. The Morgan fingerprint density at radius 3 is 2.80 bits per heavy atom. The molecular formula is C23H18FN5O. The SMILES string of the molecule is Cc1cc2nc(Cc3cccc(F)c3)[nH]c2cc1Nc1ncc(-c2ccncc2)o1. The van der Waals surface area contributed by atoms with Crippen LogP contribution in [0.5, 0.6) is 0 Å². The number of H-pyrrole nitrogens is 1. The molecule has 0 unspecified atom stereocenters. The topological polar surface area (TPSA) is 79.6 Å². The zero-order valence-corrected chi connectivity index (χ0v) is 16.2. The van der Waals surface area contributed by atoms with E-state index < -0.39 is 0 Å². The molecule has 0 aliphatic carbocycles. The Balaban J connectivity index is 1.40. The van der Waals surface area contributed by atoms with Gasteiger partial charge in [-0.3, -0.25) is 4.98 Å². The third-order valence-electron chi connectivity index (χ3n) is 4.85. The summed E-state index contributed by atoms with van der Waals surface area (Å²) in [5.74, 6) is 1.20. The molecule has 3 heterocycles. The molecule has 0 radical (unpaired) electrons. The van der Waals surface area contributed by atoms with Crippen molar-refractivity contribution in [3.63, 3.8) is 0 Å². The average Bonchev–Trinajstić information content (AvgIpc) is 3.35. The molecule has 0 bridgehead atoms. The number of benzene rings is 2. The second-order valence-corrected chi connectivity index (χ2v) is 7.07. The maximum Gasteiger partial charge on any atom is 0.299 e. The lowest BCUT2D eigenvalue weighted by Crippen LogP contribution is -1.93. The van der Waals surface area contributed by atoms with Gasteiger partial charge >= 0.3 is 0 Å². The second-order valence-electron chi connectivity index (χ2n) is 7.07. The van der Waals surface area contributed by atoms with Crippen molar-refractivity contribution in [1.82, 2.24) is 19.9 Å². The van der Waals surface area contributed by atoms with Crippen LogP contribution in [0.25, 0.3) is 22.4 Å². The Hall–Kier alpha value is -4.00. The summed E-state index contributed by atoms with van der Waals surface area (Å²) in [4.78, 5) is 16.3. The lowest BCUT2D eigenvalue weighted by molar-refractivity contribution is 0.592. The first-order valence-corrected chi connectivity index (χ1v) is 9.51. The first kappa shape index (κ1) is 18.1. The number of rotatable bonds is 5. The zero-order valence-electron chi connectivity index (χ0n) is 16.2. The van der Waals surface area contributed by atoms with E-state index in [0.717, 1.165) is 39.2 Å². The number of oxazole rings is 1.